The van der Waals surface area contributed by atoms with Gasteiger partial charge >= 0.3 is 0 Å². The van der Waals surface area contributed by atoms with E-state index in [4.69, 9.17) is 5.84 Å². The maximum atomic E-state index is 10.5. The molecular weight excluding hydrogens is 106 g/mol. The van der Waals surface area contributed by atoms with Gasteiger partial charge in [0.1, 0.15) is 0 Å². The molecule has 0 aliphatic carbocycles. The summed E-state index contributed by atoms with van der Waals surface area (Å²) in [4.78, 5) is 10.5. The number of nitrogens with zero attached hydrogens (tertiary/aromatic N) is 1. The summed E-state index contributed by atoms with van der Waals surface area (Å²) in [5, 5.41) is 2.62. The first-order valence-electron chi connectivity index (χ1n) is 2.50. The monoisotopic (exact) mass is 116 g/mol. The van der Waals surface area contributed by atoms with Crippen LogP contribution in [0.1, 0.15) is 0 Å². The summed E-state index contributed by atoms with van der Waals surface area (Å²) in [6.07, 6.45) is 0. The van der Waals surface area contributed by atoms with Crippen LogP contribution in [0.15, 0.2) is 0 Å². The first-order chi connectivity index (χ1) is 3.60. The van der Waals surface area contributed by atoms with Gasteiger partial charge in [-0.2, -0.15) is 5.84 Å². The zero-order valence-electron chi connectivity index (χ0n) is 4.85. The Hall–Kier alpha value is -0.610. The van der Waals surface area contributed by atoms with Crippen molar-refractivity contribution in [2.24, 2.45) is 5.84 Å². The van der Waals surface area contributed by atoms with Crippen molar-refractivity contribution >= 4 is 5.91 Å². The molecule has 1 saturated heterocycles. The van der Waals surface area contributed by atoms with Crippen molar-refractivity contribution in [3.05, 3.63) is 0 Å². The number of quaternary nitrogens is 1. The van der Waals surface area contributed by atoms with Crippen LogP contribution in [0.2, 0.25) is 0 Å². The van der Waals surface area contributed by atoms with Crippen LogP contribution in [0.5, 0.6) is 0 Å². The van der Waals surface area contributed by atoms with Gasteiger partial charge in [-0.15, -0.1) is 0 Å². The van der Waals surface area contributed by atoms with E-state index in [2.05, 4.69) is 5.32 Å². The van der Waals surface area contributed by atoms with Gasteiger partial charge < -0.3 is 5.32 Å². The average Bonchev–Trinajstić information content (AvgIpc) is 1.82. The van der Waals surface area contributed by atoms with Gasteiger partial charge in [0, 0.05) is 0 Å². The van der Waals surface area contributed by atoms with E-state index < -0.39 is 0 Å². The Kier molecular flexibility index (Phi) is 0.988. The summed E-state index contributed by atoms with van der Waals surface area (Å²) in [5.74, 6) is 5.56. The molecule has 0 saturated carbocycles. The van der Waals surface area contributed by atoms with Gasteiger partial charge in [0.2, 0.25) is 0 Å². The average molecular weight is 116 g/mol. The molecule has 1 atom stereocenters. The van der Waals surface area contributed by atoms with E-state index in [1.54, 1.807) is 7.05 Å². The highest BCUT2D eigenvalue weighted by atomic mass is 16.2. The van der Waals surface area contributed by atoms with E-state index >= 15 is 0 Å². The normalized spacial score (nSPS) is 37.5. The Morgan fingerprint density at radius 3 is 2.62 bits per heavy atom. The lowest BCUT2D eigenvalue weighted by atomic mass is 10.6. The Labute approximate surface area is 47.8 Å². The summed E-state index contributed by atoms with van der Waals surface area (Å²) >= 11 is 0. The highest BCUT2D eigenvalue weighted by molar-refractivity contribution is 5.78. The molecule has 0 aromatic rings. The molecule has 0 spiro atoms. The molecule has 1 unspecified atom stereocenters. The second-order valence-corrected chi connectivity index (χ2v) is 2.40. The minimum atomic E-state index is 0.0370. The van der Waals surface area contributed by atoms with Crippen LogP contribution in [-0.2, 0) is 4.79 Å². The summed E-state index contributed by atoms with van der Waals surface area (Å²) in [7, 11) is 1.80. The lowest BCUT2D eigenvalue weighted by molar-refractivity contribution is -0.907. The van der Waals surface area contributed by atoms with Crippen LogP contribution < -0.4 is 11.2 Å². The Balaban J connectivity index is 2.56. The van der Waals surface area contributed by atoms with Crippen LogP contribution in [0.25, 0.3) is 0 Å². The van der Waals surface area contributed by atoms with Crippen LogP contribution in [0.4, 0.5) is 0 Å². The molecule has 0 aromatic heterocycles. The van der Waals surface area contributed by atoms with Crippen LogP contribution in [-0.4, -0.2) is 30.8 Å². The molecule has 1 rings (SSSR count). The number of carbonyl (C=O) groups excluding carboxylic acids is 1. The first-order valence-corrected chi connectivity index (χ1v) is 2.50. The number of hydrogen-bond acceptors (Lipinski definition) is 2. The standard InChI is InChI=1S/C4H9N3O/c1-7(5)2-4(8)6-3-7/h2-3,5H2,1H3/p+1. The molecule has 4 nitrogen and oxygen atoms in total. The minimum Gasteiger partial charge on any atom is -0.303 e. The second-order valence-electron chi connectivity index (χ2n) is 2.40. The molecular formula is C4H10N3O+. The van der Waals surface area contributed by atoms with Crippen molar-refractivity contribution < 1.29 is 9.39 Å². The number of likely N-dealkylation sites (N-methyl/N-ethyl adjacent to an activating group) is 1. The summed E-state index contributed by atoms with van der Waals surface area (Å²) in [5.41, 5.74) is 0. The fourth-order valence-corrected chi connectivity index (χ4v) is 0.709. The van der Waals surface area contributed by atoms with Gasteiger partial charge in [0.15, 0.2) is 13.2 Å². The third-order valence-corrected chi connectivity index (χ3v) is 1.14. The van der Waals surface area contributed by atoms with Crippen molar-refractivity contribution in [3.63, 3.8) is 0 Å². The Morgan fingerprint density at radius 2 is 2.50 bits per heavy atom. The van der Waals surface area contributed by atoms with E-state index in [0.717, 1.165) is 0 Å². The fourth-order valence-electron chi connectivity index (χ4n) is 0.709. The Morgan fingerprint density at radius 1 is 1.88 bits per heavy atom. The van der Waals surface area contributed by atoms with E-state index in [0.29, 0.717) is 13.2 Å². The van der Waals surface area contributed by atoms with E-state index in [1.165, 1.54) is 0 Å². The van der Waals surface area contributed by atoms with E-state index in [-0.39, 0.29) is 10.5 Å². The second kappa shape index (κ2) is 1.43. The maximum Gasteiger partial charge on any atom is 0.281 e. The highest BCUT2D eigenvalue weighted by Crippen LogP contribution is 1.94. The molecule has 1 fully saturated rings. The number of carbonyl (C=O) groups is 1. The molecule has 0 bridgehead atoms. The SMILES string of the molecule is C[N+]1(N)CNC(=O)C1. The highest BCUT2D eigenvalue weighted by Gasteiger charge is 2.28. The summed E-state index contributed by atoms with van der Waals surface area (Å²) in [6.45, 7) is 0.957. The van der Waals surface area contributed by atoms with Gasteiger partial charge in [0.25, 0.3) is 5.91 Å². The zero-order valence-corrected chi connectivity index (χ0v) is 4.85. The molecule has 8 heavy (non-hydrogen) atoms. The molecule has 1 amide bonds. The van der Waals surface area contributed by atoms with E-state index in [9.17, 15) is 4.79 Å². The maximum absolute atomic E-state index is 10.5. The lowest BCUT2D eigenvalue weighted by Crippen LogP contribution is -2.49. The lowest BCUT2D eigenvalue weighted by Gasteiger charge is -2.17. The number of nitrogens with one attached hydrogen (secondary N) is 1. The molecule has 1 aliphatic heterocycles. The smallest absolute Gasteiger partial charge is 0.281 e. The predicted molar refractivity (Wildman–Crippen MR) is 28.2 cm³/mol. The van der Waals surface area contributed by atoms with Gasteiger partial charge in [-0.1, -0.05) is 0 Å². The molecule has 1 heterocycles. The van der Waals surface area contributed by atoms with Gasteiger partial charge in [-0.25, -0.2) is 4.59 Å². The zero-order chi connectivity index (χ0) is 6.20. The molecule has 0 aromatic carbocycles. The number of hydrogen-bond donors (Lipinski definition) is 2. The van der Waals surface area contributed by atoms with Gasteiger partial charge in [0.05, 0.1) is 7.05 Å². The van der Waals surface area contributed by atoms with Crippen LogP contribution in [0.3, 0.4) is 0 Å². The largest absolute Gasteiger partial charge is 0.303 e. The molecule has 3 N–H and O–H groups in total. The number of rotatable bonds is 0. The van der Waals surface area contributed by atoms with Crippen molar-refractivity contribution in [2.45, 2.75) is 0 Å². The van der Waals surface area contributed by atoms with Crippen molar-refractivity contribution in [1.29, 1.82) is 0 Å². The van der Waals surface area contributed by atoms with Crippen molar-refractivity contribution in [3.8, 4) is 0 Å². The minimum absolute atomic E-state index is 0.0370. The summed E-state index contributed by atoms with van der Waals surface area (Å²) in [6, 6.07) is 0. The quantitative estimate of drug-likeness (QED) is 0.295. The summed E-state index contributed by atoms with van der Waals surface area (Å²) < 4.78 is 0.277. The Bertz CT molecular complexity index is 120. The number of amides is 1. The third-order valence-electron chi connectivity index (χ3n) is 1.14. The predicted octanol–water partition coefficient (Wildman–Crippen LogP) is -1.61. The van der Waals surface area contributed by atoms with Crippen molar-refractivity contribution in [1.82, 2.24) is 5.32 Å². The van der Waals surface area contributed by atoms with Gasteiger partial charge in [-0.05, 0) is 0 Å². The van der Waals surface area contributed by atoms with E-state index in [1.807, 2.05) is 0 Å². The third kappa shape index (κ3) is 0.962. The van der Waals surface area contributed by atoms with Gasteiger partial charge in [-0.3, -0.25) is 4.79 Å². The molecule has 0 radical (unpaired) electrons. The fraction of sp³-hybridized carbons (Fsp3) is 0.750. The molecule has 1 aliphatic rings. The molecule has 46 valence electrons. The van der Waals surface area contributed by atoms with Crippen LogP contribution in [0, 0.1) is 0 Å². The van der Waals surface area contributed by atoms with Crippen molar-refractivity contribution in [2.75, 3.05) is 20.3 Å². The van der Waals surface area contributed by atoms with Crippen LogP contribution >= 0.6 is 0 Å². The number of nitrogens with two attached hydrogens (primary N) is 1. The molecule has 4 heteroatoms. The topological polar surface area (TPSA) is 55.1 Å². The first kappa shape index (κ1) is 5.53.